The number of nitrogens with zero attached hydrogens (tertiary/aromatic N) is 2. The summed E-state index contributed by atoms with van der Waals surface area (Å²) in [5, 5.41) is 7.18. The van der Waals surface area contributed by atoms with E-state index in [1.54, 1.807) is 0 Å². The van der Waals surface area contributed by atoms with Gasteiger partial charge in [0.25, 0.3) is 0 Å². The van der Waals surface area contributed by atoms with E-state index >= 15 is 0 Å². The third-order valence-corrected chi connectivity index (χ3v) is 5.03. The quantitative estimate of drug-likeness (QED) is 0.878. The molecule has 1 saturated heterocycles. The third-order valence-electron chi connectivity index (χ3n) is 5.03. The fourth-order valence-corrected chi connectivity index (χ4v) is 3.38. The van der Waals surface area contributed by atoms with Gasteiger partial charge in [0.05, 0.1) is 18.2 Å². The summed E-state index contributed by atoms with van der Waals surface area (Å²) in [5.74, 6) is 0.131. The highest BCUT2D eigenvalue weighted by atomic mass is 16.5. The SMILES string of the molecule is Cc1ccccc1CN(CC1CCCO1)C(=O)Cc1c(C)n[nH]c1C. The second kappa shape index (κ2) is 7.83. The summed E-state index contributed by atoms with van der Waals surface area (Å²) >= 11 is 0. The molecule has 1 atom stereocenters. The van der Waals surface area contributed by atoms with Crippen molar-refractivity contribution in [3.63, 3.8) is 0 Å². The average molecular weight is 341 g/mol. The number of hydrogen-bond acceptors (Lipinski definition) is 3. The molecule has 0 saturated carbocycles. The lowest BCUT2D eigenvalue weighted by Gasteiger charge is -2.26. The first-order valence-electron chi connectivity index (χ1n) is 8.99. The highest BCUT2D eigenvalue weighted by Crippen LogP contribution is 2.19. The van der Waals surface area contributed by atoms with E-state index in [1.807, 2.05) is 30.9 Å². The van der Waals surface area contributed by atoms with Crippen LogP contribution in [0.25, 0.3) is 0 Å². The Bertz CT molecular complexity index is 713. The number of rotatable bonds is 6. The summed E-state index contributed by atoms with van der Waals surface area (Å²) in [5.41, 5.74) is 5.28. The molecule has 1 amide bonds. The number of aryl methyl sites for hydroxylation is 3. The normalized spacial score (nSPS) is 17.0. The molecule has 1 N–H and O–H groups in total. The summed E-state index contributed by atoms with van der Waals surface area (Å²) in [7, 11) is 0. The van der Waals surface area contributed by atoms with Gasteiger partial charge in [-0.2, -0.15) is 5.10 Å². The minimum atomic E-state index is 0.131. The van der Waals surface area contributed by atoms with Crippen molar-refractivity contribution in [1.82, 2.24) is 15.1 Å². The number of aromatic amines is 1. The van der Waals surface area contributed by atoms with Crippen LogP contribution in [0.3, 0.4) is 0 Å². The summed E-state index contributed by atoms with van der Waals surface area (Å²) in [4.78, 5) is 15.0. The second-order valence-electron chi connectivity index (χ2n) is 6.93. The maximum atomic E-state index is 13.0. The molecule has 0 spiro atoms. The first-order valence-corrected chi connectivity index (χ1v) is 8.99. The van der Waals surface area contributed by atoms with Gasteiger partial charge in [0.1, 0.15) is 0 Å². The van der Waals surface area contributed by atoms with Crippen LogP contribution in [0.4, 0.5) is 0 Å². The molecule has 2 heterocycles. The van der Waals surface area contributed by atoms with E-state index in [0.717, 1.165) is 36.4 Å². The molecule has 1 aromatic carbocycles. The first kappa shape index (κ1) is 17.7. The smallest absolute Gasteiger partial charge is 0.227 e. The lowest BCUT2D eigenvalue weighted by molar-refractivity contribution is -0.132. The van der Waals surface area contributed by atoms with Gasteiger partial charge in [-0.1, -0.05) is 24.3 Å². The van der Waals surface area contributed by atoms with Crippen molar-refractivity contribution in [2.24, 2.45) is 0 Å². The van der Waals surface area contributed by atoms with Gasteiger partial charge in [0, 0.05) is 31.0 Å². The molecule has 1 aliphatic rings. The van der Waals surface area contributed by atoms with E-state index in [0.29, 0.717) is 19.5 Å². The van der Waals surface area contributed by atoms with Crippen molar-refractivity contribution in [3.05, 3.63) is 52.3 Å². The van der Waals surface area contributed by atoms with E-state index in [4.69, 9.17) is 4.74 Å². The minimum absolute atomic E-state index is 0.131. The van der Waals surface area contributed by atoms with Crippen molar-refractivity contribution >= 4 is 5.91 Å². The van der Waals surface area contributed by atoms with E-state index in [1.165, 1.54) is 11.1 Å². The molecule has 1 fully saturated rings. The molecule has 0 bridgehead atoms. The summed E-state index contributed by atoms with van der Waals surface area (Å²) in [6, 6.07) is 8.25. The number of H-pyrrole nitrogens is 1. The van der Waals surface area contributed by atoms with Crippen molar-refractivity contribution in [3.8, 4) is 0 Å². The number of hydrogen-bond donors (Lipinski definition) is 1. The van der Waals surface area contributed by atoms with Gasteiger partial charge >= 0.3 is 0 Å². The zero-order chi connectivity index (χ0) is 17.8. The van der Waals surface area contributed by atoms with E-state index in [9.17, 15) is 4.79 Å². The van der Waals surface area contributed by atoms with Crippen LogP contribution in [0.2, 0.25) is 0 Å². The van der Waals surface area contributed by atoms with Gasteiger partial charge in [0.2, 0.25) is 5.91 Å². The molecule has 0 radical (unpaired) electrons. The fraction of sp³-hybridized carbons (Fsp3) is 0.500. The Kier molecular flexibility index (Phi) is 5.53. The molecular formula is C20H27N3O2. The van der Waals surface area contributed by atoms with Crippen molar-refractivity contribution in [2.75, 3.05) is 13.2 Å². The maximum Gasteiger partial charge on any atom is 0.227 e. The maximum absolute atomic E-state index is 13.0. The Hall–Kier alpha value is -2.14. The average Bonchev–Trinajstić information content (AvgIpc) is 3.21. The van der Waals surface area contributed by atoms with E-state index in [2.05, 4.69) is 29.3 Å². The van der Waals surface area contributed by atoms with Gasteiger partial charge in [-0.05, 0) is 44.7 Å². The Morgan fingerprint density at radius 3 is 2.76 bits per heavy atom. The standard InChI is InChI=1S/C20H27N3O2/c1-14-7-4-5-8-17(14)12-23(13-18-9-6-10-25-18)20(24)11-19-15(2)21-22-16(19)3/h4-5,7-8,18H,6,9-13H2,1-3H3,(H,21,22). The number of amides is 1. The number of benzene rings is 1. The van der Waals surface area contributed by atoms with Crippen LogP contribution >= 0.6 is 0 Å². The van der Waals surface area contributed by atoms with Crippen LogP contribution in [-0.4, -0.2) is 40.3 Å². The zero-order valence-electron chi connectivity index (χ0n) is 15.3. The number of ether oxygens (including phenoxy) is 1. The van der Waals surface area contributed by atoms with Crippen molar-refractivity contribution < 1.29 is 9.53 Å². The molecule has 25 heavy (non-hydrogen) atoms. The topological polar surface area (TPSA) is 58.2 Å². The Morgan fingerprint density at radius 1 is 1.32 bits per heavy atom. The van der Waals surface area contributed by atoms with Gasteiger partial charge in [-0.25, -0.2) is 0 Å². The van der Waals surface area contributed by atoms with Crippen LogP contribution in [-0.2, 0) is 22.5 Å². The molecule has 0 aliphatic carbocycles. The predicted molar refractivity (Wildman–Crippen MR) is 97.3 cm³/mol. The van der Waals surface area contributed by atoms with Gasteiger partial charge in [-0.3, -0.25) is 9.89 Å². The van der Waals surface area contributed by atoms with Crippen molar-refractivity contribution in [1.29, 1.82) is 0 Å². The zero-order valence-corrected chi connectivity index (χ0v) is 15.3. The van der Waals surface area contributed by atoms with Crippen LogP contribution in [0.15, 0.2) is 24.3 Å². The molecule has 134 valence electrons. The molecule has 3 rings (SSSR count). The Balaban J connectivity index is 1.77. The van der Waals surface area contributed by atoms with E-state index in [-0.39, 0.29) is 12.0 Å². The molecule has 1 unspecified atom stereocenters. The number of nitrogens with one attached hydrogen (secondary N) is 1. The highest BCUT2D eigenvalue weighted by molar-refractivity contribution is 5.79. The lowest BCUT2D eigenvalue weighted by atomic mass is 10.1. The second-order valence-corrected chi connectivity index (χ2v) is 6.93. The molecule has 1 aromatic heterocycles. The van der Waals surface area contributed by atoms with Crippen LogP contribution < -0.4 is 0 Å². The molecule has 5 heteroatoms. The number of aromatic nitrogens is 2. The Morgan fingerprint density at radius 2 is 2.12 bits per heavy atom. The van der Waals surface area contributed by atoms with Crippen LogP contribution in [0.1, 0.15) is 40.9 Å². The van der Waals surface area contributed by atoms with Gasteiger partial charge in [0.15, 0.2) is 0 Å². The van der Waals surface area contributed by atoms with Gasteiger partial charge < -0.3 is 9.64 Å². The number of carbonyl (C=O) groups is 1. The molecule has 5 nitrogen and oxygen atoms in total. The highest BCUT2D eigenvalue weighted by Gasteiger charge is 2.24. The van der Waals surface area contributed by atoms with Crippen LogP contribution in [0.5, 0.6) is 0 Å². The molecule has 2 aromatic rings. The minimum Gasteiger partial charge on any atom is -0.376 e. The molecular weight excluding hydrogens is 314 g/mol. The van der Waals surface area contributed by atoms with Crippen molar-refractivity contribution in [2.45, 2.75) is 52.7 Å². The monoisotopic (exact) mass is 341 g/mol. The summed E-state index contributed by atoms with van der Waals surface area (Å²) in [6.45, 7) is 8.09. The summed E-state index contributed by atoms with van der Waals surface area (Å²) in [6.07, 6.45) is 2.64. The lowest BCUT2D eigenvalue weighted by Crippen LogP contribution is -2.38. The third kappa shape index (κ3) is 4.28. The largest absolute Gasteiger partial charge is 0.376 e. The Labute approximate surface area is 149 Å². The number of carbonyl (C=O) groups excluding carboxylic acids is 1. The first-order chi connectivity index (χ1) is 12.0. The fourth-order valence-electron chi connectivity index (χ4n) is 3.38. The summed E-state index contributed by atoms with van der Waals surface area (Å²) < 4.78 is 5.77. The van der Waals surface area contributed by atoms with Gasteiger partial charge in [-0.15, -0.1) is 0 Å². The van der Waals surface area contributed by atoms with Crippen LogP contribution in [0, 0.1) is 20.8 Å². The predicted octanol–water partition coefficient (Wildman–Crippen LogP) is 3.09. The molecule has 1 aliphatic heterocycles. The van der Waals surface area contributed by atoms with E-state index < -0.39 is 0 Å².